The number of nitrogens with zero attached hydrogens (tertiary/aromatic N) is 4. The third kappa shape index (κ3) is 5.98. The molecule has 1 aromatic carbocycles. The molecule has 1 amide bonds. The number of nitrogens with one attached hydrogen (secondary N) is 1. The molecule has 174 valence electrons. The first-order valence-corrected chi connectivity index (χ1v) is 10.6. The Labute approximate surface area is 194 Å². The molecule has 0 aliphatic heterocycles. The molecule has 6 nitrogen and oxygen atoms in total. The highest BCUT2D eigenvalue weighted by Crippen LogP contribution is 2.36. The van der Waals surface area contributed by atoms with Crippen molar-refractivity contribution in [1.82, 2.24) is 20.3 Å². The minimum Gasteiger partial charge on any atom is -0.357 e. The standard InChI is InChI=1S/C23H23ClF3N5O/c1-14(2)22(33)29-10-11-32(3)19-13-30-20(15-4-6-16(7-5-15)23(25,26)27)21(31-19)17-8-9-28-12-18(17)24/h4-9,12-14H,10-11H2,1-3H3,(H,29,33). The molecular weight excluding hydrogens is 455 g/mol. The molecule has 0 aliphatic carbocycles. The molecule has 10 heteroatoms. The van der Waals surface area contributed by atoms with E-state index in [0.29, 0.717) is 46.4 Å². The molecular formula is C23H23ClF3N5O. The zero-order valence-electron chi connectivity index (χ0n) is 18.3. The predicted octanol–water partition coefficient (Wildman–Crippen LogP) is 5.09. The summed E-state index contributed by atoms with van der Waals surface area (Å²) >= 11 is 6.34. The lowest BCUT2D eigenvalue weighted by Crippen LogP contribution is -2.35. The van der Waals surface area contributed by atoms with Crippen molar-refractivity contribution in [1.29, 1.82) is 0 Å². The van der Waals surface area contributed by atoms with Crippen molar-refractivity contribution in [2.24, 2.45) is 5.92 Å². The van der Waals surface area contributed by atoms with Gasteiger partial charge in [-0.25, -0.2) is 4.98 Å². The number of alkyl halides is 3. The summed E-state index contributed by atoms with van der Waals surface area (Å²) in [6.45, 7) is 4.53. The van der Waals surface area contributed by atoms with Gasteiger partial charge in [0.25, 0.3) is 0 Å². The molecule has 33 heavy (non-hydrogen) atoms. The first kappa shape index (κ1) is 24.4. The van der Waals surface area contributed by atoms with E-state index in [0.717, 1.165) is 12.1 Å². The summed E-state index contributed by atoms with van der Waals surface area (Å²) in [6, 6.07) is 6.40. The van der Waals surface area contributed by atoms with Gasteiger partial charge < -0.3 is 10.2 Å². The Morgan fingerprint density at radius 3 is 2.42 bits per heavy atom. The van der Waals surface area contributed by atoms with Crippen LogP contribution in [0.5, 0.6) is 0 Å². The summed E-state index contributed by atoms with van der Waals surface area (Å²) in [5, 5.41) is 3.18. The topological polar surface area (TPSA) is 71.0 Å². The number of likely N-dealkylation sites (N-methyl/N-ethyl adjacent to an activating group) is 1. The third-order valence-electron chi connectivity index (χ3n) is 4.93. The fourth-order valence-electron chi connectivity index (χ4n) is 3.01. The minimum atomic E-state index is -4.43. The maximum absolute atomic E-state index is 13.0. The number of benzene rings is 1. The van der Waals surface area contributed by atoms with E-state index in [4.69, 9.17) is 16.6 Å². The summed E-state index contributed by atoms with van der Waals surface area (Å²) in [7, 11) is 1.81. The van der Waals surface area contributed by atoms with Crippen molar-refractivity contribution in [2.75, 3.05) is 25.0 Å². The van der Waals surface area contributed by atoms with Crippen LogP contribution in [0.2, 0.25) is 5.02 Å². The van der Waals surface area contributed by atoms with Gasteiger partial charge in [-0.3, -0.25) is 14.8 Å². The van der Waals surface area contributed by atoms with Crippen molar-refractivity contribution in [3.05, 3.63) is 59.5 Å². The predicted molar refractivity (Wildman–Crippen MR) is 122 cm³/mol. The number of amides is 1. The van der Waals surface area contributed by atoms with Crippen LogP contribution < -0.4 is 10.2 Å². The van der Waals surface area contributed by atoms with Gasteiger partial charge in [-0.1, -0.05) is 37.6 Å². The van der Waals surface area contributed by atoms with Crippen molar-refractivity contribution in [3.63, 3.8) is 0 Å². The second kappa shape index (κ2) is 10.2. The number of pyridine rings is 1. The van der Waals surface area contributed by atoms with Gasteiger partial charge in [0, 0.05) is 49.6 Å². The minimum absolute atomic E-state index is 0.0450. The van der Waals surface area contributed by atoms with Crippen molar-refractivity contribution in [2.45, 2.75) is 20.0 Å². The van der Waals surface area contributed by atoms with Gasteiger partial charge in [0.2, 0.25) is 5.91 Å². The van der Waals surface area contributed by atoms with E-state index < -0.39 is 11.7 Å². The normalized spacial score (nSPS) is 11.5. The smallest absolute Gasteiger partial charge is 0.357 e. The van der Waals surface area contributed by atoms with E-state index in [9.17, 15) is 18.0 Å². The number of carbonyl (C=O) groups excluding carboxylic acids is 1. The van der Waals surface area contributed by atoms with Crippen molar-refractivity contribution >= 4 is 23.3 Å². The SMILES string of the molecule is CC(C)C(=O)NCCN(C)c1cnc(-c2ccc(C(F)(F)F)cc2)c(-c2ccncc2Cl)n1. The molecule has 0 spiro atoms. The Kier molecular flexibility index (Phi) is 7.53. The van der Waals surface area contributed by atoms with Gasteiger partial charge >= 0.3 is 6.18 Å². The molecule has 0 aliphatic rings. The molecule has 0 bridgehead atoms. The molecule has 0 saturated heterocycles. The maximum Gasteiger partial charge on any atom is 0.416 e. The van der Waals surface area contributed by atoms with E-state index in [1.165, 1.54) is 24.5 Å². The Morgan fingerprint density at radius 1 is 1.12 bits per heavy atom. The molecule has 2 heterocycles. The van der Waals surface area contributed by atoms with Crippen LogP contribution in [0, 0.1) is 5.92 Å². The van der Waals surface area contributed by atoms with Gasteiger partial charge in [-0.15, -0.1) is 0 Å². The van der Waals surface area contributed by atoms with Crippen LogP contribution >= 0.6 is 11.6 Å². The van der Waals surface area contributed by atoms with E-state index in [1.54, 1.807) is 19.3 Å². The zero-order chi connectivity index (χ0) is 24.2. The van der Waals surface area contributed by atoms with Gasteiger partial charge in [0.15, 0.2) is 0 Å². The lowest BCUT2D eigenvalue weighted by molar-refractivity contribution is -0.137. The highest BCUT2D eigenvalue weighted by Gasteiger charge is 2.30. The number of carbonyl (C=O) groups is 1. The highest BCUT2D eigenvalue weighted by atomic mass is 35.5. The molecule has 2 aromatic heterocycles. The van der Waals surface area contributed by atoms with Crippen molar-refractivity contribution < 1.29 is 18.0 Å². The van der Waals surface area contributed by atoms with Crippen molar-refractivity contribution in [3.8, 4) is 22.5 Å². The summed E-state index contributed by atoms with van der Waals surface area (Å²) < 4.78 is 38.9. The number of anilines is 1. The Balaban J connectivity index is 1.96. The Morgan fingerprint density at radius 2 is 1.82 bits per heavy atom. The Hall–Kier alpha value is -3.20. The van der Waals surface area contributed by atoms with Crippen LogP contribution in [0.25, 0.3) is 22.5 Å². The van der Waals surface area contributed by atoms with Gasteiger partial charge in [-0.2, -0.15) is 13.2 Å². The number of hydrogen-bond acceptors (Lipinski definition) is 5. The fraction of sp³-hybridized carbons (Fsp3) is 0.304. The number of halogens is 4. The average Bonchev–Trinajstić information content (AvgIpc) is 2.78. The lowest BCUT2D eigenvalue weighted by Gasteiger charge is -2.20. The van der Waals surface area contributed by atoms with E-state index in [2.05, 4.69) is 15.3 Å². The highest BCUT2D eigenvalue weighted by molar-refractivity contribution is 6.33. The van der Waals surface area contributed by atoms with Gasteiger partial charge in [0.1, 0.15) is 11.5 Å². The van der Waals surface area contributed by atoms with E-state index in [1.807, 2.05) is 18.7 Å². The number of rotatable bonds is 7. The van der Waals surface area contributed by atoms with Gasteiger partial charge in [-0.05, 0) is 18.2 Å². The van der Waals surface area contributed by atoms with E-state index in [-0.39, 0.29) is 11.8 Å². The van der Waals surface area contributed by atoms with Crippen LogP contribution in [0.1, 0.15) is 19.4 Å². The van der Waals surface area contributed by atoms with Crippen LogP contribution in [0.3, 0.4) is 0 Å². The fourth-order valence-corrected chi connectivity index (χ4v) is 3.22. The quantitative estimate of drug-likeness (QED) is 0.513. The number of hydrogen-bond donors (Lipinski definition) is 1. The first-order chi connectivity index (χ1) is 15.6. The molecule has 1 N–H and O–H groups in total. The lowest BCUT2D eigenvalue weighted by atomic mass is 10.0. The zero-order valence-corrected chi connectivity index (χ0v) is 19.1. The largest absolute Gasteiger partial charge is 0.416 e. The third-order valence-corrected chi connectivity index (χ3v) is 5.24. The molecule has 0 fully saturated rings. The van der Waals surface area contributed by atoms with Crippen LogP contribution in [-0.4, -0.2) is 41.0 Å². The van der Waals surface area contributed by atoms with Gasteiger partial charge in [0.05, 0.1) is 22.5 Å². The molecule has 3 aromatic rings. The van der Waals surface area contributed by atoms with Crippen LogP contribution in [0.15, 0.2) is 48.9 Å². The second-order valence-corrected chi connectivity index (χ2v) is 8.13. The monoisotopic (exact) mass is 477 g/mol. The first-order valence-electron chi connectivity index (χ1n) is 10.2. The second-order valence-electron chi connectivity index (χ2n) is 7.72. The Bertz CT molecular complexity index is 1120. The summed E-state index contributed by atoms with van der Waals surface area (Å²) in [5.74, 6) is 0.363. The summed E-state index contributed by atoms with van der Waals surface area (Å²) in [5.41, 5.74) is 1.08. The number of aromatic nitrogens is 3. The molecule has 0 atom stereocenters. The average molecular weight is 478 g/mol. The molecule has 3 rings (SSSR count). The maximum atomic E-state index is 13.0. The summed E-state index contributed by atoms with van der Waals surface area (Å²) in [6.07, 6.45) is 0.124. The van der Waals surface area contributed by atoms with E-state index >= 15 is 0 Å². The molecule has 0 unspecified atom stereocenters. The summed E-state index contributed by atoms with van der Waals surface area (Å²) in [4.78, 5) is 26.8. The molecule has 0 saturated carbocycles. The van der Waals surface area contributed by atoms with Crippen LogP contribution in [-0.2, 0) is 11.0 Å². The molecule has 0 radical (unpaired) electrons. The van der Waals surface area contributed by atoms with Crippen LogP contribution in [0.4, 0.5) is 19.0 Å².